The maximum absolute atomic E-state index is 6.14. The summed E-state index contributed by atoms with van der Waals surface area (Å²) in [7, 11) is 0. The molecule has 4 N–H and O–H groups in total. The average Bonchev–Trinajstić information content (AvgIpc) is 2.42. The smallest absolute Gasteiger partial charge is 0.0396 e. The van der Waals surface area contributed by atoms with Gasteiger partial charge in [0, 0.05) is 16.8 Å². The van der Waals surface area contributed by atoms with Gasteiger partial charge in [-0.25, -0.2) is 0 Å². The molecule has 0 atom stereocenters. The third-order valence-corrected chi connectivity index (χ3v) is 3.89. The number of benzene rings is 2. The lowest BCUT2D eigenvalue weighted by Gasteiger charge is -2.08. The van der Waals surface area contributed by atoms with Gasteiger partial charge in [-0.15, -0.1) is 0 Å². The summed E-state index contributed by atoms with van der Waals surface area (Å²) in [6, 6.07) is 10.3. The van der Waals surface area contributed by atoms with Crippen LogP contribution >= 0.6 is 0 Å². The first-order valence-electron chi connectivity index (χ1n) is 7.78. The van der Waals surface area contributed by atoms with Gasteiger partial charge in [0.1, 0.15) is 0 Å². The molecular formula is C18H26N2. The van der Waals surface area contributed by atoms with Gasteiger partial charge in [-0.1, -0.05) is 51.2 Å². The standard InChI is InChI=1S/C18H26N2/c1-2-3-4-5-6-7-8-14-11-15-13-16(19)9-10-17(15)18(20)12-14/h9-13H,2-8,19-20H2,1H3. The first-order valence-corrected chi connectivity index (χ1v) is 7.78. The van der Waals surface area contributed by atoms with Crippen LogP contribution in [0.1, 0.15) is 51.0 Å². The molecule has 0 spiro atoms. The minimum absolute atomic E-state index is 0.800. The van der Waals surface area contributed by atoms with Crippen LogP contribution in [0.2, 0.25) is 0 Å². The van der Waals surface area contributed by atoms with E-state index in [2.05, 4.69) is 19.1 Å². The van der Waals surface area contributed by atoms with E-state index in [-0.39, 0.29) is 0 Å². The van der Waals surface area contributed by atoms with Gasteiger partial charge in [0.05, 0.1) is 0 Å². The second kappa shape index (κ2) is 7.18. The molecule has 0 fully saturated rings. The fourth-order valence-corrected chi connectivity index (χ4v) is 2.74. The minimum Gasteiger partial charge on any atom is -0.399 e. The van der Waals surface area contributed by atoms with Crippen molar-refractivity contribution < 1.29 is 0 Å². The van der Waals surface area contributed by atoms with Gasteiger partial charge in [-0.2, -0.15) is 0 Å². The summed E-state index contributed by atoms with van der Waals surface area (Å²) in [5.41, 5.74) is 15.0. The van der Waals surface area contributed by atoms with Crippen LogP contribution in [-0.4, -0.2) is 0 Å². The normalized spacial score (nSPS) is 11.1. The molecule has 2 nitrogen and oxygen atoms in total. The predicted molar refractivity (Wildman–Crippen MR) is 89.9 cm³/mol. The molecular weight excluding hydrogens is 244 g/mol. The monoisotopic (exact) mass is 270 g/mol. The molecule has 108 valence electrons. The molecule has 2 aromatic rings. The molecule has 2 aromatic carbocycles. The lowest BCUT2D eigenvalue weighted by Crippen LogP contribution is -1.93. The Balaban J connectivity index is 1.97. The quantitative estimate of drug-likeness (QED) is 0.555. The first-order chi connectivity index (χ1) is 9.70. The number of rotatable bonds is 7. The summed E-state index contributed by atoms with van der Waals surface area (Å²) < 4.78 is 0. The first kappa shape index (κ1) is 14.7. The number of unbranched alkanes of at least 4 members (excludes halogenated alkanes) is 5. The highest BCUT2D eigenvalue weighted by Crippen LogP contribution is 2.26. The largest absolute Gasteiger partial charge is 0.399 e. The predicted octanol–water partition coefficient (Wildman–Crippen LogP) is 4.91. The molecule has 0 unspecified atom stereocenters. The van der Waals surface area contributed by atoms with E-state index in [4.69, 9.17) is 11.5 Å². The van der Waals surface area contributed by atoms with Crippen LogP contribution < -0.4 is 11.5 Å². The number of nitrogens with two attached hydrogens (primary N) is 2. The van der Waals surface area contributed by atoms with Crippen molar-refractivity contribution in [1.29, 1.82) is 0 Å². The molecule has 0 amide bonds. The van der Waals surface area contributed by atoms with Crippen LogP contribution in [0.15, 0.2) is 30.3 Å². The Morgan fingerprint density at radius 2 is 1.60 bits per heavy atom. The Kier molecular flexibility index (Phi) is 5.28. The fourth-order valence-electron chi connectivity index (χ4n) is 2.74. The molecule has 0 aliphatic carbocycles. The molecule has 0 radical (unpaired) electrons. The summed E-state index contributed by atoms with van der Waals surface area (Å²) in [5.74, 6) is 0. The summed E-state index contributed by atoms with van der Waals surface area (Å²) in [6.45, 7) is 2.25. The highest BCUT2D eigenvalue weighted by molar-refractivity contribution is 5.95. The zero-order valence-corrected chi connectivity index (χ0v) is 12.5. The van der Waals surface area contributed by atoms with E-state index in [0.29, 0.717) is 0 Å². The van der Waals surface area contributed by atoms with Crippen molar-refractivity contribution in [3.05, 3.63) is 35.9 Å². The number of aryl methyl sites for hydroxylation is 1. The summed E-state index contributed by atoms with van der Waals surface area (Å²) in [6.07, 6.45) is 9.06. The Labute approximate surface area is 122 Å². The molecule has 20 heavy (non-hydrogen) atoms. The van der Waals surface area contributed by atoms with Crippen molar-refractivity contribution in [2.45, 2.75) is 51.9 Å². The van der Waals surface area contributed by atoms with E-state index in [9.17, 15) is 0 Å². The topological polar surface area (TPSA) is 52.0 Å². The zero-order chi connectivity index (χ0) is 14.4. The van der Waals surface area contributed by atoms with Gasteiger partial charge in [0.15, 0.2) is 0 Å². The van der Waals surface area contributed by atoms with Gasteiger partial charge < -0.3 is 11.5 Å². The molecule has 0 aliphatic rings. The number of hydrogen-bond acceptors (Lipinski definition) is 2. The van der Waals surface area contributed by atoms with Crippen LogP contribution in [-0.2, 0) is 6.42 Å². The molecule has 0 aliphatic heterocycles. The van der Waals surface area contributed by atoms with Crippen molar-refractivity contribution in [3.63, 3.8) is 0 Å². The number of hydrogen-bond donors (Lipinski definition) is 2. The van der Waals surface area contributed by atoms with Gasteiger partial charge in [-0.05, 0) is 42.0 Å². The lowest BCUT2D eigenvalue weighted by atomic mass is 10.00. The highest BCUT2D eigenvalue weighted by Gasteiger charge is 2.02. The third kappa shape index (κ3) is 3.89. The summed E-state index contributed by atoms with van der Waals surface area (Å²) in [4.78, 5) is 0. The molecule has 0 saturated carbocycles. The van der Waals surface area contributed by atoms with Crippen LogP contribution in [0, 0.1) is 0 Å². The molecule has 0 heterocycles. The van der Waals surface area contributed by atoms with Crippen LogP contribution in [0.4, 0.5) is 11.4 Å². The minimum atomic E-state index is 0.800. The summed E-state index contributed by atoms with van der Waals surface area (Å²) >= 11 is 0. The van der Waals surface area contributed by atoms with Crippen molar-refractivity contribution in [2.75, 3.05) is 11.5 Å². The van der Waals surface area contributed by atoms with Crippen LogP contribution in [0.25, 0.3) is 10.8 Å². The van der Waals surface area contributed by atoms with Crippen molar-refractivity contribution in [1.82, 2.24) is 0 Å². The maximum atomic E-state index is 6.14. The molecule has 0 saturated heterocycles. The Morgan fingerprint density at radius 3 is 2.40 bits per heavy atom. The van der Waals surface area contributed by atoms with E-state index >= 15 is 0 Å². The SMILES string of the molecule is CCCCCCCCc1cc(N)c2ccc(N)cc2c1. The highest BCUT2D eigenvalue weighted by atomic mass is 14.6. The van der Waals surface area contributed by atoms with Gasteiger partial charge >= 0.3 is 0 Å². The fraction of sp³-hybridized carbons (Fsp3) is 0.444. The van der Waals surface area contributed by atoms with E-state index in [1.807, 2.05) is 18.2 Å². The molecule has 2 rings (SSSR count). The molecule has 0 bridgehead atoms. The summed E-state index contributed by atoms with van der Waals surface area (Å²) in [5, 5.41) is 2.26. The maximum Gasteiger partial charge on any atom is 0.0396 e. The lowest BCUT2D eigenvalue weighted by molar-refractivity contribution is 0.607. The van der Waals surface area contributed by atoms with E-state index in [0.717, 1.165) is 28.6 Å². The van der Waals surface area contributed by atoms with Gasteiger partial charge in [-0.3, -0.25) is 0 Å². The molecule has 0 aromatic heterocycles. The Morgan fingerprint density at radius 1 is 0.850 bits per heavy atom. The van der Waals surface area contributed by atoms with Crippen molar-refractivity contribution >= 4 is 22.1 Å². The van der Waals surface area contributed by atoms with E-state index in [1.165, 1.54) is 44.1 Å². The Bertz CT molecular complexity index is 561. The second-order valence-corrected chi connectivity index (χ2v) is 5.68. The average molecular weight is 270 g/mol. The number of nitrogen functional groups attached to an aromatic ring is 2. The zero-order valence-electron chi connectivity index (χ0n) is 12.5. The van der Waals surface area contributed by atoms with Crippen molar-refractivity contribution in [2.24, 2.45) is 0 Å². The van der Waals surface area contributed by atoms with Gasteiger partial charge in [0.25, 0.3) is 0 Å². The number of anilines is 2. The number of fused-ring (bicyclic) bond motifs is 1. The third-order valence-electron chi connectivity index (χ3n) is 3.89. The van der Waals surface area contributed by atoms with E-state index in [1.54, 1.807) is 0 Å². The van der Waals surface area contributed by atoms with E-state index < -0.39 is 0 Å². The Hall–Kier alpha value is -1.70. The molecule has 2 heteroatoms. The van der Waals surface area contributed by atoms with Gasteiger partial charge in [0.2, 0.25) is 0 Å². The van der Waals surface area contributed by atoms with Crippen LogP contribution in [0.5, 0.6) is 0 Å². The second-order valence-electron chi connectivity index (χ2n) is 5.68. The van der Waals surface area contributed by atoms with Crippen LogP contribution in [0.3, 0.4) is 0 Å². The van der Waals surface area contributed by atoms with Crippen molar-refractivity contribution in [3.8, 4) is 0 Å².